The molecule has 0 fully saturated rings. The first-order valence-corrected chi connectivity index (χ1v) is 5.78. The molecule has 0 bridgehead atoms. The molecule has 6 heteroatoms. The van der Waals surface area contributed by atoms with Gasteiger partial charge < -0.3 is 4.74 Å². The number of hydrogen-bond donors (Lipinski definition) is 0. The van der Waals surface area contributed by atoms with Crippen molar-refractivity contribution in [2.75, 3.05) is 0 Å². The first kappa shape index (κ1) is 11.9. The summed E-state index contributed by atoms with van der Waals surface area (Å²) >= 11 is 5.68. The molecule has 0 spiro atoms. The number of rotatable bonds is 5. The van der Waals surface area contributed by atoms with Gasteiger partial charge in [0.1, 0.15) is 23.8 Å². The Morgan fingerprint density at radius 3 is 2.94 bits per heavy atom. The molecule has 0 N–H and O–H groups in total. The van der Waals surface area contributed by atoms with Crippen molar-refractivity contribution in [2.24, 2.45) is 0 Å². The predicted molar refractivity (Wildman–Crippen MR) is 63.9 cm³/mol. The zero-order valence-corrected chi connectivity index (χ0v) is 10.3. The minimum Gasteiger partial charge on any atom is -0.484 e. The molecule has 0 saturated carbocycles. The minimum absolute atomic E-state index is 0.378. The normalized spacial score (nSPS) is 10.5. The van der Waals surface area contributed by atoms with Gasteiger partial charge in [-0.15, -0.1) is 0 Å². The van der Waals surface area contributed by atoms with Crippen LogP contribution in [0.4, 0.5) is 0 Å². The van der Waals surface area contributed by atoms with Gasteiger partial charge in [-0.25, -0.2) is 14.6 Å². The molecule has 2 aromatic heterocycles. The van der Waals surface area contributed by atoms with Gasteiger partial charge in [-0.2, -0.15) is 5.10 Å². The highest BCUT2D eigenvalue weighted by atomic mass is 35.5. The third-order valence-electron chi connectivity index (χ3n) is 2.20. The molecule has 0 aliphatic rings. The molecule has 0 aliphatic heterocycles. The number of aromatic nitrogens is 4. The second kappa shape index (κ2) is 5.63. The molecular weight excluding hydrogens is 240 g/mol. The molecule has 2 aromatic rings. The summed E-state index contributed by atoms with van der Waals surface area (Å²) in [4.78, 5) is 8.08. The van der Waals surface area contributed by atoms with Crippen LogP contribution in [0.25, 0.3) is 0 Å². The average molecular weight is 253 g/mol. The van der Waals surface area contributed by atoms with Gasteiger partial charge in [-0.1, -0.05) is 18.5 Å². The quantitative estimate of drug-likeness (QED) is 0.767. The summed E-state index contributed by atoms with van der Waals surface area (Å²) in [6.07, 6.45) is 4.14. The number of aryl methyl sites for hydroxylation is 1. The highest BCUT2D eigenvalue weighted by molar-refractivity contribution is 6.29. The van der Waals surface area contributed by atoms with Crippen LogP contribution < -0.4 is 4.74 Å². The van der Waals surface area contributed by atoms with E-state index < -0.39 is 0 Å². The predicted octanol–water partition coefficient (Wildman–Crippen LogP) is 2.32. The third-order valence-corrected chi connectivity index (χ3v) is 2.42. The Morgan fingerprint density at radius 2 is 2.24 bits per heavy atom. The molecule has 0 radical (unpaired) electrons. The van der Waals surface area contributed by atoms with Crippen LogP contribution in [0.1, 0.15) is 19.2 Å². The van der Waals surface area contributed by atoms with Gasteiger partial charge >= 0.3 is 0 Å². The Morgan fingerprint density at radius 1 is 1.35 bits per heavy atom. The van der Waals surface area contributed by atoms with E-state index in [0.29, 0.717) is 17.5 Å². The fourth-order valence-electron chi connectivity index (χ4n) is 1.39. The number of hydrogen-bond acceptors (Lipinski definition) is 4. The van der Waals surface area contributed by atoms with Gasteiger partial charge in [0.25, 0.3) is 0 Å². The highest BCUT2D eigenvalue weighted by Gasteiger charge is 2.04. The van der Waals surface area contributed by atoms with Gasteiger partial charge in [-0.3, -0.25) is 0 Å². The minimum atomic E-state index is 0.378. The molecule has 0 atom stereocenters. The van der Waals surface area contributed by atoms with Crippen molar-refractivity contribution < 1.29 is 4.74 Å². The van der Waals surface area contributed by atoms with Gasteiger partial charge in [0.2, 0.25) is 0 Å². The molecule has 17 heavy (non-hydrogen) atoms. The van der Waals surface area contributed by atoms with E-state index in [4.69, 9.17) is 16.3 Å². The molecule has 5 nitrogen and oxygen atoms in total. The summed E-state index contributed by atoms with van der Waals surface area (Å²) in [5, 5.41) is 4.57. The van der Waals surface area contributed by atoms with Crippen LogP contribution in [-0.2, 0) is 13.2 Å². The summed E-state index contributed by atoms with van der Waals surface area (Å²) in [5.74, 6) is 1.47. The van der Waals surface area contributed by atoms with Crippen LogP contribution in [0.2, 0.25) is 5.15 Å². The van der Waals surface area contributed by atoms with Crippen molar-refractivity contribution in [1.82, 2.24) is 19.7 Å². The number of pyridine rings is 1. The summed E-state index contributed by atoms with van der Waals surface area (Å²) < 4.78 is 7.38. The number of halogens is 1. The maximum Gasteiger partial charge on any atom is 0.164 e. The Bertz CT molecular complexity index is 469. The topological polar surface area (TPSA) is 52.8 Å². The third kappa shape index (κ3) is 3.17. The van der Waals surface area contributed by atoms with Crippen LogP contribution in [0.3, 0.4) is 0 Å². The van der Waals surface area contributed by atoms with E-state index in [-0.39, 0.29) is 0 Å². The van der Waals surface area contributed by atoms with Crippen molar-refractivity contribution in [3.8, 4) is 5.75 Å². The van der Waals surface area contributed by atoms with Gasteiger partial charge in [0.15, 0.2) is 5.82 Å². The zero-order chi connectivity index (χ0) is 12.1. The van der Waals surface area contributed by atoms with E-state index >= 15 is 0 Å². The number of ether oxygens (including phenoxy) is 1. The fourth-order valence-corrected chi connectivity index (χ4v) is 1.51. The lowest BCUT2D eigenvalue weighted by Gasteiger charge is -2.06. The molecule has 90 valence electrons. The van der Waals surface area contributed by atoms with E-state index in [1.165, 1.54) is 6.33 Å². The van der Waals surface area contributed by atoms with Crippen molar-refractivity contribution in [3.05, 3.63) is 35.6 Å². The first-order valence-electron chi connectivity index (χ1n) is 5.40. The van der Waals surface area contributed by atoms with Crippen LogP contribution in [-0.4, -0.2) is 19.7 Å². The van der Waals surface area contributed by atoms with Crippen molar-refractivity contribution in [1.29, 1.82) is 0 Å². The lowest BCUT2D eigenvalue weighted by atomic mass is 10.4. The van der Waals surface area contributed by atoms with E-state index in [1.54, 1.807) is 18.3 Å². The van der Waals surface area contributed by atoms with Crippen molar-refractivity contribution in [3.63, 3.8) is 0 Å². The standard InChI is InChI=1S/C11H13ClN4O/c1-2-5-16-11(14-8-15-16)7-17-9-3-4-10(12)13-6-9/h3-4,6,8H,2,5,7H2,1H3. The Balaban J connectivity index is 1.97. The molecule has 0 aromatic carbocycles. The summed E-state index contributed by atoms with van der Waals surface area (Å²) in [6, 6.07) is 3.46. The maximum absolute atomic E-state index is 5.68. The van der Waals surface area contributed by atoms with Gasteiger partial charge in [0, 0.05) is 6.54 Å². The number of nitrogens with zero attached hydrogens (tertiary/aromatic N) is 4. The maximum atomic E-state index is 5.68. The Kier molecular flexibility index (Phi) is 3.93. The SMILES string of the molecule is CCCn1ncnc1COc1ccc(Cl)nc1. The van der Waals surface area contributed by atoms with Crippen LogP contribution in [0, 0.1) is 0 Å². The smallest absolute Gasteiger partial charge is 0.164 e. The van der Waals surface area contributed by atoms with E-state index in [0.717, 1.165) is 18.8 Å². The molecule has 0 aliphatic carbocycles. The Hall–Kier alpha value is -1.62. The monoisotopic (exact) mass is 252 g/mol. The van der Waals surface area contributed by atoms with Crippen LogP contribution in [0.5, 0.6) is 5.75 Å². The molecule has 2 heterocycles. The molecule has 0 unspecified atom stereocenters. The fraction of sp³-hybridized carbons (Fsp3) is 0.364. The second-order valence-electron chi connectivity index (χ2n) is 3.50. The van der Waals surface area contributed by atoms with Crippen LogP contribution >= 0.6 is 11.6 Å². The van der Waals surface area contributed by atoms with E-state index in [1.807, 2.05) is 4.68 Å². The molecule has 0 saturated heterocycles. The summed E-state index contributed by atoms with van der Waals surface area (Å²) in [7, 11) is 0. The Labute approximate surface area is 104 Å². The van der Waals surface area contributed by atoms with E-state index in [9.17, 15) is 0 Å². The summed E-state index contributed by atoms with van der Waals surface area (Å²) in [6.45, 7) is 3.32. The van der Waals surface area contributed by atoms with Crippen molar-refractivity contribution >= 4 is 11.6 Å². The largest absolute Gasteiger partial charge is 0.484 e. The highest BCUT2D eigenvalue weighted by Crippen LogP contribution is 2.13. The summed E-state index contributed by atoms with van der Waals surface area (Å²) in [5.41, 5.74) is 0. The molecule has 2 rings (SSSR count). The average Bonchev–Trinajstić information content (AvgIpc) is 2.77. The van der Waals surface area contributed by atoms with E-state index in [2.05, 4.69) is 22.0 Å². The first-order chi connectivity index (χ1) is 8.29. The van der Waals surface area contributed by atoms with Gasteiger partial charge in [-0.05, 0) is 18.6 Å². The lowest BCUT2D eigenvalue weighted by Crippen LogP contribution is -2.08. The zero-order valence-electron chi connectivity index (χ0n) is 9.51. The lowest BCUT2D eigenvalue weighted by molar-refractivity contribution is 0.285. The van der Waals surface area contributed by atoms with Crippen LogP contribution in [0.15, 0.2) is 24.7 Å². The van der Waals surface area contributed by atoms with Crippen molar-refractivity contribution in [2.45, 2.75) is 26.5 Å². The molecule has 0 amide bonds. The van der Waals surface area contributed by atoms with Gasteiger partial charge in [0.05, 0.1) is 6.20 Å². The molecular formula is C11H13ClN4O. The second-order valence-corrected chi connectivity index (χ2v) is 3.89.